The van der Waals surface area contributed by atoms with Crippen LogP contribution >= 0.6 is 39.5 Å². The maximum absolute atomic E-state index is 10.8. The molecule has 0 bridgehead atoms. The van der Waals surface area contributed by atoms with Crippen LogP contribution in [0, 0.1) is 17.0 Å². The number of aromatic nitrogens is 4. The van der Waals surface area contributed by atoms with Gasteiger partial charge in [-0.25, -0.2) is 9.97 Å². The van der Waals surface area contributed by atoms with Gasteiger partial charge in [-0.05, 0) is 22.9 Å². The van der Waals surface area contributed by atoms with Crippen LogP contribution < -0.4 is 10.6 Å². The van der Waals surface area contributed by atoms with Crippen LogP contribution in [-0.4, -0.2) is 49.5 Å². The van der Waals surface area contributed by atoms with Crippen LogP contribution in [-0.2, 0) is 11.5 Å². The number of nitro groups is 1. The molecule has 0 spiro atoms. The molecule has 0 saturated heterocycles. The van der Waals surface area contributed by atoms with Crippen LogP contribution in [0.1, 0.15) is 17.1 Å². The first-order chi connectivity index (χ1) is 13.1. The standard InChI is InChI=1S/C15H22BrN7O2S2/c1-11-12(20-9-19-11)7-26-4-2-17-14(6-23(24)25)18-3-5-27-8-13-15(16)22-10-21-13/h6,9-10,17-18H,2-5,7-8H2,1H3,(H,19,20)(H,21,22). The van der Waals surface area contributed by atoms with Crippen molar-refractivity contribution in [1.29, 1.82) is 0 Å². The van der Waals surface area contributed by atoms with Crippen molar-refractivity contribution in [2.45, 2.75) is 18.4 Å². The Hall–Kier alpha value is -1.66. The highest BCUT2D eigenvalue weighted by molar-refractivity contribution is 9.10. The monoisotopic (exact) mass is 475 g/mol. The van der Waals surface area contributed by atoms with Crippen molar-refractivity contribution in [3.63, 3.8) is 0 Å². The minimum absolute atomic E-state index is 0.430. The van der Waals surface area contributed by atoms with E-state index in [9.17, 15) is 10.1 Å². The third-order valence-electron chi connectivity index (χ3n) is 3.44. The van der Waals surface area contributed by atoms with E-state index in [2.05, 4.69) is 46.5 Å². The number of H-pyrrole nitrogens is 2. The fourth-order valence-electron chi connectivity index (χ4n) is 2.06. The zero-order valence-corrected chi connectivity index (χ0v) is 18.0. The van der Waals surface area contributed by atoms with E-state index in [-0.39, 0.29) is 0 Å². The van der Waals surface area contributed by atoms with E-state index in [0.717, 1.165) is 50.9 Å². The molecule has 0 saturated carbocycles. The van der Waals surface area contributed by atoms with Crippen LogP contribution in [0.4, 0.5) is 0 Å². The quantitative estimate of drug-likeness (QED) is 0.198. The number of halogens is 1. The molecule has 0 atom stereocenters. The van der Waals surface area contributed by atoms with Crippen molar-refractivity contribution in [2.24, 2.45) is 0 Å². The second-order valence-electron chi connectivity index (χ2n) is 5.43. The largest absolute Gasteiger partial charge is 0.366 e. The lowest BCUT2D eigenvalue weighted by Gasteiger charge is -2.11. The van der Waals surface area contributed by atoms with Gasteiger partial charge in [-0.1, -0.05) is 0 Å². The summed E-state index contributed by atoms with van der Waals surface area (Å²) in [5.41, 5.74) is 3.15. The topological polar surface area (TPSA) is 125 Å². The predicted octanol–water partition coefficient (Wildman–Crippen LogP) is 2.63. The van der Waals surface area contributed by atoms with Crippen LogP contribution in [0.15, 0.2) is 29.3 Å². The maximum Gasteiger partial charge on any atom is 0.274 e. The average molecular weight is 476 g/mol. The highest BCUT2D eigenvalue weighted by Crippen LogP contribution is 2.17. The van der Waals surface area contributed by atoms with Gasteiger partial charge in [-0.3, -0.25) is 10.1 Å². The van der Waals surface area contributed by atoms with Crippen LogP contribution in [0.2, 0.25) is 0 Å². The Morgan fingerprint density at radius 1 is 1.22 bits per heavy atom. The normalized spacial score (nSPS) is 11.6. The molecule has 12 heteroatoms. The molecule has 0 aliphatic rings. The number of thioether (sulfide) groups is 2. The number of nitrogens with one attached hydrogen (secondary N) is 4. The molecule has 0 aromatic carbocycles. The molecule has 0 radical (unpaired) electrons. The van der Waals surface area contributed by atoms with Crippen molar-refractivity contribution in [3.05, 3.63) is 56.5 Å². The first-order valence-electron chi connectivity index (χ1n) is 8.21. The van der Waals surface area contributed by atoms with E-state index in [0.29, 0.717) is 18.9 Å². The highest BCUT2D eigenvalue weighted by atomic mass is 79.9. The molecule has 0 fully saturated rings. The summed E-state index contributed by atoms with van der Waals surface area (Å²) in [6.07, 6.45) is 4.30. The van der Waals surface area contributed by atoms with Gasteiger partial charge in [-0.2, -0.15) is 23.5 Å². The number of hydrogen-bond donors (Lipinski definition) is 4. The van der Waals surface area contributed by atoms with Gasteiger partial charge in [0.25, 0.3) is 6.20 Å². The summed E-state index contributed by atoms with van der Waals surface area (Å²) < 4.78 is 0.820. The Morgan fingerprint density at radius 2 is 1.89 bits per heavy atom. The molecule has 148 valence electrons. The van der Waals surface area contributed by atoms with Crippen molar-refractivity contribution < 1.29 is 4.92 Å². The van der Waals surface area contributed by atoms with Gasteiger partial charge in [-0.15, -0.1) is 0 Å². The Kier molecular flexibility index (Phi) is 9.56. The maximum atomic E-state index is 10.8. The molecule has 0 aliphatic carbocycles. The van der Waals surface area contributed by atoms with Gasteiger partial charge in [0.15, 0.2) is 5.82 Å². The van der Waals surface area contributed by atoms with Crippen molar-refractivity contribution >= 4 is 39.5 Å². The fraction of sp³-hybridized carbons (Fsp3) is 0.467. The number of aryl methyl sites for hydroxylation is 1. The summed E-state index contributed by atoms with van der Waals surface area (Å²) >= 11 is 6.82. The van der Waals surface area contributed by atoms with Gasteiger partial charge >= 0.3 is 0 Å². The molecule has 2 aromatic heterocycles. The number of rotatable bonds is 13. The van der Waals surface area contributed by atoms with E-state index in [4.69, 9.17) is 0 Å². The molecule has 27 heavy (non-hydrogen) atoms. The lowest BCUT2D eigenvalue weighted by Crippen LogP contribution is -2.30. The zero-order chi connectivity index (χ0) is 19.5. The Labute approximate surface area is 174 Å². The van der Waals surface area contributed by atoms with Crippen molar-refractivity contribution in [2.75, 3.05) is 24.6 Å². The van der Waals surface area contributed by atoms with Gasteiger partial charge in [0, 0.05) is 41.8 Å². The summed E-state index contributed by atoms with van der Waals surface area (Å²) in [6.45, 7) is 3.25. The molecule has 0 aliphatic heterocycles. The summed E-state index contributed by atoms with van der Waals surface area (Å²) in [6, 6.07) is 0. The smallest absolute Gasteiger partial charge is 0.274 e. The summed E-state index contributed by atoms with van der Waals surface area (Å²) in [7, 11) is 0. The Bertz CT molecular complexity index is 698. The molecular weight excluding hydrogens is 454 g/mol. The Balaban J connectivity index is 1.61. The third-order valence-corrected chi connectivity index (χ3v) is 6.08. The minimum Gasteiger partial charge on any atom is -0.366 e. The van der Waals surface area contributed by atoms with Gasteiger partial charge in [0.1, 0.15) is 4.60 Å². The predicted molar refractivity (Wildman–Crippen MR) is 113 cm³/mol. The summed E-state index contributed by atoms with van der Waals surface area (Å²) in [5, 5.41) is 17.0. The average Bonchev–Trinajstić information content (AvgIpc) is 3.22. The van der Waals surface area contributed by atoms with Crippen LogP contribution in [0.3, 0.4) is 0 Å². The van der Waals surface area contributed by atoms with Crippen molar-refractivity contribution in [1.82, 2.24) is 30.6 Å². The third kappa shape index (κ3) is 8.26. The number of imidazole rings is 2. The van der Waals surface area contributed by atoms with E-state index < -0.39 is 4.92 Å². The first-order valence-corrected chi connectivity index (χ1v) is 11.3. The highest BCUT2D eigenvalue weighted by Gasteiger charge is 2.05. The SMILES string of the molecule is Cc1[nH]cnc1CSCCNC(=C[N+](=O)[O-])NCCSCc1[nH]cnc1Br. The molecule has 2 heterocycles. The lowest BCUT2D eigenvalue weighted by molar-refractivity contribution is -0.404. The van der Waals surface area contributed by atoms with E-state index in [1.54, 1.807) is 36.2 Å². The second-order valence-corrected chi connectivity index (χ2v) is 8.39. The van der Waals surface area contributed by atoms with Gasteiger partial charge in [0.05, 0.1) is 29.0 Å². The zero-order valence-electron chi connectivity index (χ0n) is 14.8. The molecule has 2 rings (SSSR count). The molecule has 0 amide bonds. The minimum atomic E-state index is -0.454. The molecule has 4 N–H and O–H groups in total. The molecular formula is C15H22BrN7O2S2. The lowest BCUT2D eigenvalue weighted by atomic mass is 10.4. The van der Waals surface area contributed by atoms with E-state index in [1.165, 1.54) is 0 Å². The molecule has 2 aromatic rings. The summed E-state index contributed by atoms with van der Waals surface area (Å²) in [4.78, 5) is 24.8. The number of hydrogen-bond acceptors (Lipinski definition) is 8. The van der Waals surface area contributed by atoms with Gasteiger partial charge in [0.2, 0.25) is 0 Å². The fourth-order valence-corrected chi connectivity index (χ4v) is 4.29. The van der Waals surface area contributed by atoms with Crippen molar-refractivity contribution in [3.8, 4) is 0 Å². The number of aromatic amines is 2. The van der Waals surface area contributed by atoms with Gasteiger partial charge < -0.3 is 20.6 Å². The van der Waals surface area contributed by atoms with Crippen LogP contribution in [0.25, 0.3) is 0 Å². The summed E-state index contributed by atoms with van der Waals surface area (Å²) in [5.74, 6) is 3.69. The second kappa shape index (κ2) is 11.9. The molecule has 9 nitrogen and oxygen atoms in total. The van der Waals surface area contributed by atoms with E-state index >= 15 is 0 Å². The first kappa shape index (κ1) is 21.6. The number of nitrogens with zero attached hydrogens (tertiary/aromatic N) is 3. The Morgan fingerprint density at radius 3 is 2.44 bits per heavy atom. The van der Waals surface area contributed by atoms with Crippen LogP contribution in [0.5, 0.6) is 0 Å². The van der Waals surface area contributed by atoms with E-state index in [1.807, 2.05) is 6.92 Å². The molecule has 0 unspecified atom stereocenters.